The SMILES string of the molecule is O=c1oc2ccc(Br)cc2c(-c2ccc(Cl)cc2)c1-c1ccc(Cl)cc1. The summed E-state index contributed by atoms with van der Waals surface area (Å²) >= 11 is 15.6. The van der Waals surface area contributed by atoms with E-state index in [1.54, 1.807) is 30.3 Å². The fourth-order valence-electron chi connectivity index (χ4n) is 2.97. The van der Waals surface area contributed by atoms with Crippen LogP contribution in [0.4, 0.5) is 0 Å². The van der Waals surface area contributed by atoms with Crippen LogP contribution in [0.25, 0.3) is 33.2 Å². The summed E-state index contributed by atoms with van der Waals surface area (Å²) in [6, 6.07) is 20.1. The largest absolute Gasteiger partial charge is 0.422 e. The van der Waals surface area contributed by atoms with Gasteiger partial charge in [0, 0.05) is 25.5 Å². The summed E-state index contributed by atoms with van der Waals surface area (Å²) in [6.45, 7) is 0. The summed E-state index contributed by atoms with van der Waals surface area (Å²) in [5.74, 6) is 0. The monoisotopic (exact) mass is 444 g/mol. The number of fused-ring (bicyclic) bond motifs is 1. The quantitative estimate of drug-likeness (QED) is 0.305. The predicted octanol–water partition coefficient (Wildman–Crippen LogP) is 7.20. The van der Waals surface area contributed by atoms with Crippen molar-refractivity contribution in [2.45, 2.75) is 0 Å². The van der Waals surface area contributed by atoms with Crippen molar-refractivity contribution in [2.75, 3.05) is 0 Å². The molecule has 0 aliphatic heterocycles. The molecule has 0 atom stereocenters. The zero-order valence-corrected chi connectivity index (χ0v) is 16.4. The second kappa shape index (κ2) is 6.92. The van der Waals surface area contributed by atoms with Crippen molar-refractivity contribution in [1.82, 2.24) is 0 Å². The lowest BCUT2D eigenvalue weighted by molar-refractivity contribution is 0.564. The average Bonchev–Trinajstić information content (AvgIpc) is 2.63. The van der Waals surface area contributed by atoms with Gasteiger partial charge in [0.15, 0.2) is 0 Å². The molecule has 4 aromatic rings. The summed E-state index contributed by atoms with van der Waals surface area (Å²) in [5, 5.41) is 2.08. The van der Waals surface area contributed by atoms with Gasteiger partial charge < -0.3 is 4.42 Å². The van der Waals surface area contributed by atoms with Gasteiger partial charge in [0.1, 0.15) is 5.58 Å². The highest BCUT2D eigenvalue weighted by Crippen LogP contribution is 2.37. The Kier molecular flexibility index (Phi) is 4.62. The molecule has 0 spiro atoms. The zero-order chi connectivity index (χ0) is 18.3. The summed E-state index contributed by atoms with van der Waals surface area (Å²) in [5.41, 5.74) is 3.06. The molecule has 0 bridgehead atoms. The van der Waals surface area contributed by atoms with Gasteiger partial charge in [-0.2, -0.15) is 0 Å². The van der Waals surface area contributed by atoms with Crippen molar-refractivity contribution in [3.8, 4) is 22.3 Å². The van der Waals surface area contributed by atoms with Crippen LogP contribution in [0.3, 0.4) is 0 Å². The second-order valence-electron chi connectivity index (χ2n) is 5.79. The van der Waals surface area contributed by atoms with Gasteiger partial charge in [0.25, 0.3) is 0 Å². The van der Waals surface area contributed by atoms with Crippen LogP contribution < -0.4 is 5.63 Å². The Morgan fingerprint density at radius 1 is 0.731 bits per heavy atom. The van der Waals surface area contributed by atoms with E-state index in [-0.39, 0.29) is 0 Å². The molecule has 3 aromatic carbocycles. The molecule has 1 aromatic heterocycles. The second-order valence-corrected chi connectivity index (χ2v) is 7.58. The van der Waals surface area contributed by atoms with Gasteiger partial charge in [-0.05, 0) is 53.6 Å². The van der Waals surface area contributed by atoms with Gasteiger partial charge in [-0.25, -0.2) is 4.79 Å². The van der Waals surface area contributed by atoms with Gasteiger partial charge in [0.05, 0.1) is 5.56 Å². The molecule has 1 heterocycles. The van der Waals surface area contributed by atoms with Crippen LogP contribution in [0.5, 0.6) is 0 Å². The molecule has 2 nitrogen and oxygen atoms in total. The lowest BCUT2D eigenvalue weighted by Crippen LogP contribution is -2.06. The zero-order valence-electron chi connectivity index (χ0n) is 13.3. The summed E-state index contributed by atoms with van der Waals surface area (Å²) in [7, 11) is 0. The van der Waals surface area contributed by atoms with E-state index in [4.69, 9.17) is 27.6 Å². The van der Waals surface area contributed by atoms with E-state index in [9.17, 15) is 4.79 Å². The Labute approximate surface area is 168 Å². The maximum absolute atomic E-state index is 12.8. The minimum absolute atomic E-state index is 0.396. The van der Waals surface area contributed by atoms with Crippen LogP contribution in [0.1, 0.15) is 0 Å². The highest BCUT2D eigenvalue weighted by atomic mass is 79.9. The molecule has 5 heteroatoms. The molecule has 0 N–H and O–H groups in total. The molecular formula is C21H11BrCl2O2. The van der Waals surface area contributed by atoms with Gasteiger partial charge in [-0.15, -0.1) is 0 Å². The third kappa shape index (κ3) is 3.18. The topological polar surface area (TPSA) is 30.2 Å². The van der Waals surface area contributed by atoms with E-state index in [1.807, 2.05) is 36.4 Å². The Morgan fingerprint density at radius 2 is 1.27 bits per heavy atom. The molecule has 4 rings (SSSR count). The van der Waals surface area contributed by atoms with E-state index >= 15 is 0 Å². The normalized spacial score (nSPS) is 11.0. The lowest BCUT2D eigenvalue weighted by Gasteiger charge is -2.13. The van der Waals surface area contributed by atoms with Crippen molar-refractivity contribution in [3.63, 3.8) is 0 Å². The van der Waals surface area contributed by atoms with Crippen LogP contribution in [0, 0.1) is 0 Å². The van der Waals surface area contributed by atoms with Gasteiger partial charge in [0.2, 0.25) is 0 Å². The first kappa shape index (κ1) is 17.3. The minimum atomic E-state index is -0.396. The van der Waals surface area contributed by atoms with Gasteiger partial charge in [-0.3, -0.25) is 0 Å². The van der Waals surface area contributed by atoms with E-state index in [0.717, 1.165) is 26.5 Å². The highest BCUT2D eigenvalue weighted by Gasteiger charge is 2.18. The van der Waals surface area contributed by atoms with E-state index in [0.29, 0.717) is 21.2 Å². The van der Waals surface area contributed by atoms with E-state index in [2.05, 4.69) is 15.9 Å². The first-order valence-corrected chi connectivity index (χ1v) is 9.36. The highest BCUT2D eigenvalue weighted by molar-refractivity contribution is 9.10. The number of hydrogen-bond donors (Lipinski definition) is 0. The third-order valence-corrected chi connectivity index (χ3v) is 5.13. The molecule has 0 saturated carbocycles. The van der Waals surface area contributed by atoms with Crippen LogP contribution in [-0.2, 0) is 0 Å². The van der Waals surface area contributed by atoms with Crippen LogP contribution >= 0.6 is 39.1 Å². The summed E-state index contributed by atoms with van der Waals surface area (Å²) in [4.78, 5) is 12.8. The average molecular weight is 446 g/mol. The fraction of sp³-hybridized carbons (Fsp3) is 0. The maximum Gasteiger partial charge on any atom is 0.344 e. The number of benzene rings is 3. The Bertz CT molecular complexity index is 1160. The standard InChI is InChI=1S/C21H11BrCl2O2/c22-14-5-10-18-17(11-14)19(12-1-6-15(23)7-2-12)20(21(25)26-18)13-3-8-16(24)9-4-13/h1-11H. The van der Waals surface area contributed by atoms with Crippen molar-refractivity contribution < 1.29 is 4.42 Å². The molecule has 0 unspecified atom stereocenters. The summed E-state index contributed by atoms with van der Waals surface area (Å²) < 4.78 is 6.48. The molecule has 0 aliphatic carbocycles. The Morgan fingerprint density at radius 3 is 1.85 bits per heavy atom. The molecule has 26 heavy (non-hydrogen) atoms. The summed E-state index contributed by atoms with van der Waals surface area (Å²) in [6.07, 6.45) is 0. The molecule has 128 valence electrons. The molecule has 0 amide bonds. The Hall–Kier alpha value is -2.07. The Balaban J connectivity index is 2.14. The van der Waals surface area contributed by atoms with E-state index < -0.39 is 5.63 Å². The number of hydrogen-bond acceptors (Lipinski definition) is 2. The lowest BCUT2D eigenvalue weighted by atomic mass is 9.93. The van der Waals surface area contributed by atoms with Crippen LogP contribution in [0.2, 0.25) is 10.0 Å². The fourth-order valence-corrected chi connectivity index (χ4v) is 3.58. The van der Waals surface area contributed by atoms with Crippen molar-refractivity contribution in [2.24, 2.45) is 0 Å². The van der Waals surface area contributed by atoms with Gasteiger partial charge in [-0.1, -0.05) is 63.4 Å². The van der Waals surface area contributed by atoms with E-state index in [1.165, 1.54) is 0 Å². The molecule has 0 radical (unpaired) electrons. The first-order valence-electron chi connectivity index (χ1n) is 7.81. The number of halogens is 3. The van der Waals surface area contributed by atoms with Crippen molar-refractivity contribution in [1.29, 1.82) is 0 Å². The molecular weight excluding hydrogens is 435 g/mol. The maximum atomic E-state index is 12.8. The first-order chi connectivity index (χ1) is 12.5. The van der Waals surface area contributed by atoms with Crippen LogP contribution in [-0.4, -0.2) is 0 Å². The van der Waals surface area contributed by atoms with Crippen molar-refractivity contribution >= 4 is 50.1 Å². The number of rotatable bonds is 2. The third-order valence-electron chi connectivity index (χ3n) is 4.13. The molecule has 0 aliphatic rings. The van der Waals surface area contributed by atoms with Crippen molar-refractivity contribution in [3.05, 3.63) is 91.7 Å². The van der Waals surface area contributed by atoms with Crippen LogP contribution in [0.15, 0.2) is 80.4 Å². The van der Waals surface area contributed by atoms with Gasteiger partial charge >= 0.3 is 5.63 Å². The smallest absolute Gasteiger partial charge is 0.344 e. The minimum Gasteiger partial charge on any atom is -0.422 e. The molecule has 0 saturated heterocycles. The predicted molar refractivity (Wildman–Crippen MR) is 111 cm³/mol. The molecule has 0 fully saturated rings.